The van der Waals surface area contributed by atoms with Crippen molar-refractivity contribution in [3.8, 4) is 5.75 Å². The van der Waals surface area contributed by atoms with Crippen molar-refractivity contribution in [1.29, 1.82) is 5.41 Å². The fraction of sp³-hybridized carbons (Fsp3) is 0.111. The summed E-state index contributed by atoms with van der Waals surface area (Å²) in [6.07, 6.45) is 1.03. The van der Waals surface area contributed by atoms with Gasteiger partial charge in [-0.05, 0) is 23.3 Å². The molecule has 0 aliphatic heterocycles. The maximum atomic E-state index is 12.0. The molecule has 4 nitrogen and oxygen atoms in total. The minimum absolute atomic E-state index is 0.207. The van der Waals surface area contributed by atoms with Crippen molar-refractivity contribution in [1.82, 2.24) is 0 Å². The first-order chi connectivity index (χ1) is 10.7. The van der Waals surface area contributed by atoms with E-state index in [0.29, 0.717) is 5.57 Å². The first-order valence-corrected chi connectivity index (χ1v) is 6.74. The van der Waals surface area contributed by atoms with E-state index in [2.05, 4.69) is 0 Å². The molecule has 0 amide bonds. The summed E-state index contributed by atoms with van der Waals surface area (Å²) in [4.78, 5) is 12.0. The third-order valence-electron chi connectivity index (χ3n) is 3.26. The van der Waals surface area contributed by atoms with Gasteiger partial charge in [0.15, 0.2) is 0 Å². The Morgan fingerprint density at radius 2 is 1.55 bits per heavy atom. The molecule has 22 heavy (non-hydrogen) atoms. The van der Waals surface area contributed by atoms with Gasteiger partial charge >= 0.3 is 5.97 Å². The van der Waals surface area contributed by atoms with E-state index >= 15 is 0 Å². The lowest BCUT2D eigenvalue weighted by molar-refractivity contribution is -0.135. The minimum Gasteiger partial charge on any atom is -0.497 e. The lowest BCUT2D eigenvalue weighted by atomic mass is 9.93. The van der Waals surface area contributed by atoms with Crippen molar-refractivity contribution in [2.75, 3.05) is 14.2 Å². The Morgan fingerprint density at radius 3 is 2.05 bits per heavy atom. The summed E-state index contributed by atoms with van der Waals surface area (Å²) in [5, 5.41) is 7.59. The molecular weight excluding hydrogens is 278 g/mol. The van der Waals surface area contributed by atoms with Gasteiger partial charge in [-0.15, -0.1) is 0 Å². The van der Waals surface area contributed by atoms with E-state index < -0.39 is 5.97 Å². The van der Waals surface area contributed by atoms with Crippen LogP contribution in [-0.2, 0) is 9.53 Å². The lowest BCUT2D eigenvalue weighted by Gasteiger charge is -2.12. The Kier molecular flexibility index (Phi) is 5.09. The Bertz CT molecular complexity index is 688. The molecule has 0 bridgehead atoms. The number of hydrogen-bond acceptors (Lipinski definition) is 4. The number of rotatable bonds is 5. The zero-order valence-electron chi connectivity index (χ0n) is 12.5. The van der Waals surface area contributed by atoms with Crippen LogP contribution in [0.4, 0.5) is 0 Å². The predicted molar refractivity (Wildman–Crippen MR) is 86.3 cm³/mol. The molecule has 4 heteroatoms. The standard InChI is InChI=1S/C18H17NO3/c1-21-15-10-8-14(9-11-15)17(13-6-4-3-5-7-13)16(12-19)18(20)22-2/h3-12,19H,1-2H3/b17-16+,19-12?. The molecule has 1 N–H and O–H groups in total. The second-order valence-electron chi connectivity index (χ2n) is 4.52. The Balaban J connectivity index is 2.66. The van der Waals surface area contributed by atoms with E-state index in [1.165, 1.54) is 7.11 Å². The molecule has 0 aliphatic carbocycles. The zero-order valence-corrected chi connectivity index (χ0v) is 12.5. The van der Waals surface area contributed by atoms with Crippen LogP contribution in [0.5, 0.6) is 5.75 Å². The van der Waals surface area contributed by atoms with Gasteiger partial charge < -0.3 is 14.9 Å². The van der Waals surface area contributed by atoms with Gasteiger partial charge in [-0.1, -0.05) is 42.5 Å². The number of hydrogen-bond donors (Lipinski definition) is 1. The summed E-state index contributed by atoms with van der Waals surface area (Å²) in [6, 6.07) is 16.8. The van der Waals surface area contributed by atoms with Crippen LogP contribution in [0.2, 0.25) is 0 Å². The molecule has 0 unspecified atom stereocenters. The highest BCUT2D eigenvalue weighted by Gasteiger charge is 2.17. The van der Waals surface area contributed by atoms with Crippen LogP contribution in [0, 0.1) is 5.41 Å². The second kappa shape index (κ2) is 7.22. The van der Waals surface area contributed by atoms with Gasteiger partial charge in [-0.25, -0.2) is 4.79 Å². The van der Waals surface area contributed by atoms with Crippen LogP contribution in [0.3, 0.4) is 0 Å². The number of ether oxygens (including phenoxy) is 2. The highest BCUT2D eigenvalue weighted by Crippen LogP contribution is 2.28. The van der Waals surface area contributed by atoms with E-state index in [9.17, 15) is 4.79 Å². The third-order valence-corrected chi connectivity index (χ3v) is 3.26. The molecule has 2 aromatic carbocycles. The highest BCUT2D eigenvalue weighted by molar-refractivity contribution is 6.17. The summed E-state index contributed by atoms with van der Waals surface area (Å²) >= 11 is 0. The van der Waals surface area contributed by atoms with E-state index in [-0.39, 0.29) is 5.57 Å². The molecule has 0 saturated carbocycles. The zero-order chi connectivity index (χ0) is 15.9. The van der Waals surface area contributed by atoms with Crippen LogP contribution in [0.15, 0.2) is 60.2 Å². The van der Waals surface area contributed by atoms with E-state index in [4.69, 9.17) is 14.9 Å². The van der Waals surface area contributed by atoms with Crippen LogP contribution in [-0.4, -0.2) is 26.4 Å². The highest BCUT2D eigenvalue weighted by atomic mass is 16.5. The van der Waals surface area contributed by atoms with Gasteiger partial charge in [0.05, 0.1) is 19.8 Å². The minimum atomic E-state index is -0.537. The molecular formula is C18H17NO3. The van der Waals surface area contributed by atoms with Crippen LogP contribution >= 0.6 is 0 Å². The Hall–Kier alpha value is -2.88. The number of nitrogens with one attached hydrogen (secondary N) is 1. The van der Waals surface area contributed by atoms with E-state index in [1.807, 2.05) is 54.6 Å². The first-order valence-electron chi connectivity index (χ1n) is 6.74. The molecule has 0 aromatic heterocycles. The second-order valence-corrected chi connectivity index (χ2v) is 4.52. The van der Waals surface area contributed by atoms with Gasteiger partial charge in [-0.3, -0.25) is 0 Å². The van der Waals surface area contributed by atoms with Crippen molar-refractivity contribution in [2.45, 2.75) is 0 Å². The molecule has 2 aromatic rings. The Labute approximate surface area is 129 Å². The number of methoxy groups -OCH3 is 2. The molecule has 2 rings (SSSR count). The molecule has 112 valence electrons. The number of carbonyl (C=O) groups is 1. The first kappa shape index (κ1) is 15.5. The number of carbonyl (C=O) groups excluding carboxylic acids is 1. The van der Waals surface area contributed by atoms with Gasteiger partial charge in [0, 0.05) is 11.8 Å². The monoisotopic (exact) mass is 295 g/mol. The molecule has 0 heterocycles. The topological polar surface area (TPSA) is 59.4 Å². The van der Waals surface area contributed by atoms with Crippen molar-refractivity contribution < 1.29 is 14.3 Å². The summed E-state index contributed by atoms with van der Waals surface area (Å²) < 4.78 is 9.96. The molecule has 0 aliphatic rings. The van der Waals surface area contributed by atoms with Crippen molar-refractivity contribution >= 4 is 17.8 Å². The lowest BCUT2D eigenvalue weighted by Crippen LogP contribution is -2.09. The smallest absolute Gasteiger partial charge is 0.340 e. The third kappa shape index (κ3) is 3.23. The van der Waals surface area contributed by atoms with Crippen LogP contribution in [0.25, 0.3) is 5.57 Å². The largest absolute Gasteiger partial charge is 0.497 e. The average molecular weight is 295 g/mol. The van der Waals surface area contributed by atoms with Gasteiger partial charge in [0.2, 0.25) is 0 Å². The van der Waals surface area contributed by atoms with Crippen LogP contribution < -0.4 is 4.74 Å². The molecule has 0 atom stereocenters. The molecule has 0 radical (unpaired) electrons. The normalized spacial score (nSPS) is 11.4. The summed E-state index contributed by atoms with van der Waals surface area (Å²) in [6.45, 7) is 0. The number of benzene rings is 2. The van der Waals surface area contributed by atoms with E-state index in [0.717, 1.165) is 23.1 Å². The summed E-state index contributed by atoms with van der Waals surface area (Å²) in [7, 11) is 2.91. The fourth-order valence-corrected chi connectivity index (χ4v) is 2.18. The van der Waals surface area contributed by atoms with Crippen molar-refractivity contribution in [2.24, 2.45) is 0 Å². The summed E-state index contributed by atoms with van der Waals surface area (Å²) in [5.74, 6) is 0.190. The molecule has 0 saturated heterocycles. The van der Waals surface area contributed by atoms with Crippen molar-refractivity contribution in [3.05, 3.63) is 71.3 Å². The van der Waals surface area contributed by atoms with E-state index in [1.54, 1.807) is 7.11 Å². The fourth-order valence-electron chi connectivity index (χ4n) is 2.18. The molecule has 0 spiro atoms. The number of esters is 1. The molecule has 0 fully saturated rings. The quantitative estimate of drug-likeness (QED) is 0.523. The maximum absolute atomic E-state index is 12.0. The van der Waals surface area contributed by atoms with Gasteiger partial charge in [0.1, 0.15) is 5.75 Å². The maximum Gasteiger partial charge on any atom is 0.340 e. The van der Waals surface area contributed by atoms with Crippen LogP contribution in [0.1, 0.15) is 11.1 Å². The van der Waals surface area contributed by atoms with Gasteiger partial charge in [0.25, 0.3) is 0 Å². The van der Waals surface area contributed by atoms with Crippen molar-refractivity contribution in [3.63, 3.8) is 0 Å². The predicted octanol–water partition coefficient (Wildman–Crippen LogP) is 3.32. The summed E-state index contributed by atoms with van der Waals surface area (Å²) in [5.41, 5.74) is 2.52. The SMILES string of the molecule is COC(=O)/C(C=N)=C(\c1ccccc1)c1ccc(OC)cc1. The Morgan fingerprint density at radius 1 is 0.955 bits per heavy atom. The average Bonchev–Trinajstić information content (AvgIpc) is 2.60. The van der Waals surface area contributed by atoms with Gasteiger partial charge in [-0.2, -0.15) is 0 Å².